The van der Waals surface area contributed by atoms with Crippen molar-refractivity contribution < 1.29 is 5.11 Å². The van der Waals surface area contributed by atoms with E-state index < -0.39 is 6.10 Å². The van der Waals surface area contributed by atoms with Crippen molar-refractivity contribution in [1.29, 1.82) is 0 Å². The van der Waals surface area contributed by atoms with Crippen LogP contribution in [0.1, 0.15) is 21.4 Å². The second kappa shape index (κ2) is 4.88. The number of benzene rings is 1. The average molecular weight is 318 g/mol. The lowest BCUT2D eigenvalue weighted by atomic mass is 10.1. The third-order valence-electron chi connectivity index (χ3n) is 2.29. The summed E-state index contributed by atoms with van der Waals surface area (Å²) in [6, 6.07) is 9.43. The zero-order valence-corrected chi connectivity index (χ0v) is 11.7. The van der Waals surface area contributed by atoms with Gasteiger partial charge in [0.1, 0.15) is 6.10 Å². The molecule has 0 bridgehead atoms. The van der Waals surface area contributed by atoms with Crippen LogP contribution in [0.5, 0.6) is 0 Å². The van der Waals surface area contributed by atoms with E-state index in [1.807, 2.05) is 31.2 Å². The number of aliphatic hydroxyl groups is 1. The molecule has 0 saturated heterocycles. The molecule has 0 aliphatic rings. The van der Waals surface area contributed by atoms with Gasteiger partial charge in [-0.15, -0.1) is 11.3 Å². The molecule has 0 aliphatic carbocycles. The van der Waals surface area contributed by atoms with Gasteiger partial charge in [0.05, 0.1) is 5.02 Å². The average Bonchev–Trinajstić information content (AvgIpc) is 2.68. The fourth-order valence-electron chi connectivity index (χ4n) is 1.45. The Bertz CT molecular complexity index is 509. The summed E-state index contributed by atoms with van der Waals surface area (Å²) in [6.07, 6.45) is -0.577. The van der Waals surface area contributed by atoms with Crippen molar-refractivity contribution in [3.63, 3.8) is 0 Å². The lowest BCUT2D eigenvalue weighted by Gasteiger charge is -2.09. The zero-order chi connectivity index (χ0) is 11.7. The second-order valence-electron chi connectivity index (χ2n) is 3.52. The van der Waals surface area contributed by atoms with Crippen molar-refractivity contribution in [2.24, 2.45) is 0 Å². The molecule has 0 saturated carbocycles. The molecule has 1 atom stereocenters. The van der Waals surface area contributed by atoms with Crippen LogP contribution in [0.3, 0.4) is 0 Å². The van der Waals surface area contributed by atoms with E-state index in [0.29, 0.717) is 5.02 Å². The highest BCUT2D eigenvalue weighted by Crippen LogP contribution is 2.31. The lowest BCUT2D eigenvalue weighted by molar-refractivity contribution is 0.224. The molecular weight excluding hydrogens is 308 g/mol. The van der Waals surface area contributed by atoms with Gasteiger partial charge in [0, 0.05) is 14.2 Å². The monoisotopic (exact) mass is 316 g/mol. The van der Waals surface area contributed by atoms with Gasteiger partial charge in [-0.1, -0.05) is 17.7 Å². The molecule has 2 rings (SSSR count). The number of hydrogen-bond acceptors (Lipinski definition) is 2. The molecule has 4 heteroatoms. The van der Waals surface area contributed by atoms with Crippen LogP contribution in [-0.2, 0) is 0 Å². The number of thiophene rings is 1. The molecule has 0 aliphatic heterocycles. The number of hydrogen-bond donors (Lipinski definition) is 1. The summed E-state index contributed by atoms with van der Waals surface area (Å²) in [5.74, 6) is 0. The summed E-state index contributed by atoms with van der Waals surface area (Å²) in [5.41, 5.74) is 0.845. The lowest BCUT2D eigenvalue weighted by Crippen LogP contribution is -1.96. The minimum atomic E-state index is -0.577. The Balaban J connectivity index is 2.33. The summed E-state index contributed by atoms with van der Waals surface area (Å²) in [6.45, 7) is 2.03. The molecule has 84 valence electrons. The minimum absolute atomic E-state index is 0.577. The highest BCUT2D eigenvalue weighted by molar-refractivity contribution is 9.10. The molecule has 1 N–H and O–H groups in total. The van der Waals surface area contributed by atoms with Crippen LogP contribution < -0.4 is 0 Å². The van der Waals surface area contributed by atoms with Crippen LogP contribution in [0.15, 0.2) is 34.8 Å². The Morgan fingerprint density at radius 1 is 1.31 bits per heavy atom. The van der Waals surface area contributed by atoms with Crippen LogP contribution in [-0.4, -0.2) is 5.11 Å². The summed E-state index contributed by atoms with van der Waals surface area (Å²) in [4.78, 5) is 2.15. The first kappa shape index (κ1) is 12.1. The molecule has 0 amide bonds. The summed E-state index contributed by atoms with van der Waals surface area (Å²) in [5, 5.41) is 10.8. The van der Waals surface area contributed by atoms with E-state index in [-0.39, 0.29) is 0 Å². The molecule has 16 heavy (non-hydrogen) atoms. The molecule has 1 aromatic heterocycles. The van der Waals surface area contributed by atoms with E-state index in [1.54, 1.807) is 17.4 Å². The number of halogens is 2. The normalized spacial score (nSPS) is 12.8. The first-order valence-electron chi connectivity index (χ1n) is 4.77. The van der Waals surface area contributed by atoms with Crippen LogP contribution in [0.2, 0.25) is 5.02 Å². The van der Waals surface area contributed by atoms with Gasteiger partial charge in [-0.25, -0.2) is 0 Å². The van der Waals surface area contributed by atoms with E-state index in [2.05, 4.69) is 15.9 Å². The number of rotatable bonds is 2. The van der Waals surface area contributed by atoms with Gasteiger partial charge < -0.3 is 5.11 Å². The topological polar surface area (TPSA) is 20.2 Å². The Morgan fingerprint density at radius 3 is 2.62 bits per heavy atom. The predicted molar refractivity (Wildman–Crippen MR) is 72.3 cm³/mol. The van der Waals surface area contributed by atoms with E-state index >= 15 is 0 Å². The standard InChI is InChI=1S/C12H10BrClOS/c1-7-2-5-11(16-7)12(15)8-3-4-10(14)9(13)6-8/h2-6,12,15H,1H3. The first-order chi connectivity index (χ1) is 7.58. The van der Waals surface area contributed by atoms with Crippen LogP contribution in [0, 0.1) is 6.92 Å². The summed E-state index contributed by atoms with van der Waals surface area (Å²) in [7, 11) is 0. The van der Waals surface area contributed by atoms with E-state index in [4.69, 9.17) is 11.6 Å². The molecule has 1 heterocycles. The Hall–Kier alpha value is -0.350. The molecule has 0 radical (unpaired) electrons. The molecular formula is C12H10BrClOS. The van der Waals surface area contributed by atoms with Gasteiger partial charge in [0.25, 0.3) is 0 Å². The predicted octanol–water partition coefficient (Wildman–Crippen LogP) is 4.55. The van der Waals surface area contributed by atoms with Gasteiger partial charge in [-0.2, -0.15) is 0 Å². The maximum atomic E-state index is 10.2. The van der Waals surface area contributed by atoms with Crippen molar-refractivity contribution in [1.82, 2.24) is 0 Å². The van der Waals surface area contributed by atoms with E-state index in [1.165, 1.54) is 4.88 Å². The first-order valence-corrected chi connectivity index (χ1v) is 6.76. The molecule has 1 aromatic carbocycles. The zero-order valence-electron chi connectivity index (χ0n) is 8.58. The van der Waals surface area contributed by atoms with Crippen molar-refractivity contribution in [3.05, 3.63) is 55.1 Å². The van der Waals surface area contributed by atoms with Crippen LogP contribution >= 0.6 is 38.9 Å². The smallest absolute Gasteiger partial charge is 0.113 e. The summed E-state index contributed by atoms with van der Waals surface area (Å²) < 4.78 is 0.805. The van der Waals surface area contributed by atoms with Crippen molar-refractivity contribution in [2.45, 2.75) is 13.0 Å². The van der Waals surface area contributed by atoms with Gasteiger partial charge >= 0.3 is 0 Å². The van der Waals surface area contributed by atoms with E-state index in [9.17, 15) is 5.11 Å². The highest BCUT2D eigenvalue weighted by atomic mass is 79.9. The second-order valence-corrected chi connectivity index (χ2v) is 6.11. The fraction of sp³-hybridized carbons (Fsp3) is 0.167. The Labute approximate surface area is 112 Å². The largest absolute Gasteiger partial charge is 0.383 e. The molecule has 0 fully saturated rings. The van der Waals surface area contributed by atoms with E-state index in [0.717, 1.165) is 14.9 Å². The molecule has 0 spiro atoms. The summed E-state index contributed by atoms with van der Waals surface area (Å²) >= 11 is 10.9. The number of aliphatic hydroxyl groups excluding tert-OH is 1. The van der Waals surface area contributed by atoms with Crippen molar-refractivity contribution >= 4 is 38.9 Å². The number of aryl methyl sites for hydroxylation is 1. The maximum Gasteiger partial charge on any atom is 0.113 e. The van der Waals surface area contributed by atoms with Gasteiger partial charge in [0.15, 0.2) is 0 Å². The molecule has 2 aromatic rings. The van der Waals surface area contributed by atoms with Crippen LogP contribution in [0.4, 0.5) is 0 Å². The van der Waals surface area contributed by atoms with Gasteiger partial charge in [0.2, 0.25) is 0 Å². The van der Waals surface area contributed by atoms with Crippen molar-refractivity contribution in [3.8, 4) is 0 Å². The third-order valence-corrected chi connectivity index (χ3v) is 4.56. The quantitative estimate of drug-likeness (QED) is 0.861. The SMILES string of the molecule is Cc1ccc(C(O)c2ccc(Cl)c(Br)c2)s1. The fourth-order valence-corrected chi connectivity index (χ4v) is 2.85. The minimum Gasteiger partial charge on any atom is -0.383 e. The Kier molecular flexibility index (Phi) is 3.70. The molecule has 1 unspecified atom stereocenters. The van der Waals surface area contributed by atoms with Crippen molar-refractivity contribution in [2.75, 3.05) is 0 Å². The molecule has 1 nitrogen and oxygen atoms in total. The van der Waals surface area contributed by atoms with Crippen LogP contribution in [0.25, 0.3) is 0 Å². The third kappa shape index (κ3) is 2.48. The Morgan fingerprint density at radius 2 is 2.06 bits per heavy atom. The van der Waals surface area contributed by atoms with Gasteiger partial charge in [-0.05, 0) is 52.7 Å². The maximum absolute atomic E-state index is 10.2. The van der Waals surface area contributed by atoms with Gasteiger partial charge in [-0.3, -0.25) is 0 Å². The highest BCUT2D eigenvalue weighted by Gasteiger charge is 2.13.